The van der Waals surface area contributed by atoms with Gasteiger partial charge in [0.1, 0.15) is 104 Å². The lowest BCUT2D eigenvalue weighted by atomic mass is 9.82. The van der Waals surface area contributed by atoms with Crippen LogP contribution in [0.15, 0.2) is 0 Å². The van der Waals surface area contributed by atoms with Gasteiger partial charge in [-0.3, -0.25) is 86.3 Å². The summed E-state index contributed by atoms with van der Waals surface area (Å²) in [5.74, 6) is -18.1. The van der Waals surface area contributed by atoms with Crippen molar-refractivity contribution in [3.63, 3.8) is 0 Å². The topological polar surface area (TPSA) is 628 Å². The van der Waals surface area contributed by atoms with Gasteiger partial charge >= 0.3 is 23.8 Å². The Morgan fingerprint density at radius 3 is 1.09 bits per heavy atom. The Morgan fingerprint density at radius 2 is 0.730 bits per heavy atom. The van der Waals surface area contributed by atoms with Gasteiger partial charge in [-0.25, -0.2) is 0 Å². The van der Waals surface area contributed by atoms with Gasteiger partial charge in [-0.2, -0.15) is 8.78 Å². The van der Waals surface area contributed by atoms with Crippen molar-refractivity contribution in [2.75, 3.05) is 60.4 Å². The lowest BCUT2D eigenvalue weighted by Crippen LogP contribution is -2.62. The smallest absolute Gasteiger partial charge is 0.360 e. The third-order valence-corrected chi connectivity index (χ3v) is 31.5. The highest BCUT2D eigenvalue weighted by molar-refractivity contribution is 6.00. The highest BCUT2D eigenvalue weighted by Gasteiger charge is 2.54. The number of aliphatic hydroxyl groups excluding tert-OH is 3. The molecular formula is C104H176F2N18O24. The van der Waals surface area contributed by atoms with Crippen LogP contribution < -0.4 is 81.0 Å². The van der Waals surface area contributed by atoms with Crippen LogP contribution in [-0.4, -0.2) is 312 Å². The Hall–Kier alpha value is -9.92. The largest absolute Gasteiger partial charge is 0.460 e. The summed E-state index contributed by atoms with van der Waals surface area (Å²) < 4.78 is 48.9. The molecule has 3 heterocycles. The Balaban J connectivity index is 0.000000301. The van der Waals surface area contributed by atoms with Crippen molar-refractivity contribution in [2.45, 2.75) is 405 Å². The standard InChI is InChI=1S/C37H62N6O8.C36H60N6O8.C31H54F2N6O8/c1-20(2)15-28-34(47)42-32(24-9-7-6-8-10-24)36(49)40-27(18-38)33(46)41-31(22(4)44)35(48)39-19-30(45)51-29(21(3)37(50)43(28)5)14-13-26-17-23-11-12-25(26)16-23;1-19(2)13-27-33(46)41-31(23-9-7-6-8-10-23)35(48)39-26(17-37)32(45)40-30(21(4)43)34(47)38-18-29(44)50-28(20(3)36(49)42(27)5)16-25-15-22-11-12-24(25)14-22;1-8-10-11-12-13-22-31(32,33)30(46)39(7)21(14-17(3)4)27(43)37-24(18(5)9-2)29(45)36-20(15-34)26(42)38-25(19(6)40)28(44)35-16-23(41)47-22/h20-29,31-32,44H,6-19,38H2,1-5H3,(H,39,48)(H,40,49)(H,41,46)(H,42,47);19-28,30-31,43H,6-18,37H2,1-5H3,(H,38,47)(H,39,48)(H,40,45)(H,41,46);17-22,24-25,40H,8-16,34H2,1-7H3,(H,35,44)(H,36,45)(H,37,43)(H,38,42)/t21-,22+,23?,25?,26?,27+,28+,29-,31+,32+;20-,21+,22?,24?,25?,26+,27+,28-,30+,31+;18-,19+,20+,21+,22?,24+,25+/m111/s1. The van der Waals surface area contributed by atoms with E-state index in [0.29, 0.717) is 92.8 Å². The van der Waals surface area contributed by atoms with Gasteiger partial charge in [-0.05, 0) is 207 Å². The third kappa shape index (κ3) is 36.2. The minimum absolute atomic E-state index is 0.0251. The lowest BCUT2D eigenvalue weighted by molar-refractivity contribution is -0.190. The molecule has 0 aromatic rings. The molecular weight excluding hydrogens is 1920 g/mol. The fourth-order valence-corrected chi connectivity index (χ4v) is 22.4. The first kappa shape index (κ1) is 125. The number of aliphatic hydroxyl groups is 3. The van der Waals surface area contributed by atoms with Crippen LogP contribution in [0.1, 0.15) is 290 Å². The normalized spacial score (nSPS) is 32.3. The summed E-state index contributed by atoms with van der Waals surface area (Å²) in [6.07, 6.45) is 14.1. The maximum atomic E-state index is 16.0. The van der Waals surface area contributed by atoms with E-state index in [4.69, 9.17) is 31.4 Å². The van der Waals surface area contributed by atoms with E-state index in [0.717, 1.165) is 96.4 Å². The van der Waals surface area contributed by atoms with Crippen LogP contribution >= 0.6 is 0 Å². The molecule has 9 rings (SSSR count). The molecule has 6 aliphatic carbocycles. The van der Waals surface area contributed by atoms with Gasteiger partial charge in [0.2, 0.25) is 82.7 Å². The first-order chi connectivity index (χ1) is 69.8. The molecule has 44 heteroatoms. The van der Waals surface area contributed by atoms with Crippen molar-refractivity contribution in [1.82, 2.24) is 78.5 Å². The molecule has 42 nitrogen and oxygen atoms in total. The van der Waals surface area contributed by atoms with E-state index in [9.17, 15) is 102 Å². The van der Waals surface area contributed by atoms with Crippen LogP contribution in [0.4, 0.5) is 8.78 Å². The molecule has 27 atom stereocenters. The summed E-state index contributed by atoms with van der Waals surface area (Å²) in [7, 11) is 4.19. The molecule has 0 radical (unpaired) electrons. The fourth-order valence-electron chi connectivity index (χ4n) is 22.4. The van der Waals surface area contributed by atoms with Gasteiger partial charge in [0.25, 0.3) is 5.91 Å². The maximum absolute atomic E-state index is 16.0. The van der Waals surface area contributed by atoms with E-state index in [-0.39, 0.29) is 79.7 Å². The van der Waals surface area contributed by atoms with Gasteiger partial charge in [-0.1, -0.05) is 153 Å². The van der Waals surface area contributed by atoms with Crippen molar-refractivity contribution in [2.24, 2.45) is 100 Å². The SMILES string of the molecule is CC(C)C[C@H]1C(=O)N[C@@H](C2CCCCC2)C(=O)N[C@@H](CN)C(=O)N[C@@H]([C@H](C)O)C(=O)NCC(=O)O[C@H](CC2CC3CCC2C3)[C@@H](C)C(=O)N1C.CC(C)C[C@H]1C(=O)N[C@@H](C2CCCCC2)C(=O)N[C@@H](CN)C(=O)N[C@@H]([C@H](C)O)C(=O)NCC(=O)O[C@H](CCC2CC3CCC2C3)[C@@H](C)C(=O)N1C.CCCCCCC1OC(=O)CNC(=O)[C@H]([C@H](C)O)NC(=O)[C@H](CN)NC(=O)[C@H]([C@H](C)CC)NC(=O)[C@H](CC(C)C)N(C)C(=O)C1(F)F. The number of likely N-dealkylation sites (N-methyl/N-ethyl adjacent to an activating group) is 3. The predicted octanol–water partition coefficient (Wildman–Crippen LogP) is 2.21. The van der Waals surface area contributed by atoms with Crippen LogP contribution in [0.2, 0.25) is 0 Å². The molecule has 0 spiro atoms. The van der Waals surface area contributed by atoms with Crippen LogP contribution in [-0.2, 0) is 101 Å². The highest BCUT2D eigenvalue weighted by Crippen LogP contribution is 2.52. The van der Waals surface area contributed by atoms with Crippen LogP contribution in [0.3, 0.4) is 0 Å². The number of nitrogens with zero attached hydrogens (tertiary/aromatic N) is 3. The van der Waals surface area contributed by atoms with Crippen molar-refractivity contribution in [1.29, 1.82) is 0 Å². The number of hydrogen-bond acceptors (Lipinski definition) is 27. The number of hydrogen-bond donors (Lipinski definition) is 18. The van der Waals surface area contributed by atoms with Gasteiger partial charge in [-0.15, -0.1) is 0 Å². The molecule has 840 valence electrons. The molecule has 3 saturated heterocycles. The van der Waals surface area contributed by atoms with E-state index < -0.39 is 254 Å². The van der Waals surface area contributed by atoms with E-state index in [1.54, 1.807) is 55.6 Å². The first-order valence-corrected chi connectivity index (χ1v) is 54.3. The van der Waals surface area contributed by atoms with Crippen LogP contribution in [0.5, 0.6) is 0 Å². The first-order valence-electron chi connectivity index (χ1n) is 54.3. The van der Waals surface area contributed by atoms with Crippen LogP contribution in [0, 0.1) is 82.9 Å². The van der Waals surface area contributed by atoms with Gasteiger partial charge in [0.05, 0.1) is 30.1 Å². The Labute approximate surface area is 870 Å². The number of nitrogens with one attached hydrogen (secondary N) is 12. The summed E-state index contributed by atoms with van der Waals surface area (Å²) in [6, 6.07) is -15.1. The molecule has 15 amide bonds. The van der Waals surface area contributed by atoms with Crippen molar-refractivity contribution >= 4 is 107 Å². The highest BCUT2D eigenvalue weighted by atomic mass is 19.3. The minimum Gasteiger partial charge on any atom is -0.460 e. The number of unbranched alkanes of at least 4 members (excludes halogenated alkanes) is 3. The number of ether oxygens (including phenoxy) is 3. The maximum Gasteiger partial charge on any atom is 0.360 e. The summed E-state index contributed by atoms with van der Waals surface area (Å²) in [5.41, 5.74) is 17.6. The predicted molar refractivity (Wildman–Crippen MR) is 543 cm³/mol. The van der Waals surface area contributed by atoms with E-state index in [1.807, 2.05) is 34.6 Å². The minimum atomic E-state index is -4.27. The fraction of sp³-hybridized carbons (Fsp3) is 0.827. The molecule has 0 aromatic carbocycles. The van der Waals surface area contributed by atoms with Gasteiger partial charge in [0, 0.05) is 40.8 Å². The molecule has 148 heavy (non-hydrogen) atoms. The van der Waals surface area contributed by atoms with Crippen LogP contribution in [0.25, 0.3) is 0 Å². The molecule has 6 saturated carbocycles. The summed E-state index contributed by atoms with van der Waals surface area (Å²) in [5, 5.41) is 61.5. The second kappa shape index (κ2) is 59.8. The zero-order chi connectivity index (χ0) is 110. The summed E-state index contributed by atoms with van der Waals surface area (Å²) in [4.78, 5) is 247. The number of carbonyl (C=O) groups is 18. The average Bonchev–Trinajstić information content (AvgIpc) is 0.912. The molecule has 9 fully saturated rings. The molecule has 4 bridgehead atoms. The quantitative estimate of drug-likeness (QED) is 0.0335. The Bertz CT molecular complexity index is 4440. The van der Waals surface area contributed by atoms with Crippen molar-refractivity contribution in [3.05, 3.63) is 0 Å². The molecule has 3 aliphatic heterocycles. The second-order valence-corrected chi connectivity index (χ2v) is 44.4. The zero-order valence-corrected chi connectivity index (χ0v) is 90.2. The number of rotatable bonds is 26. The number of nitrogens with two attached hydrogens (primary N) is 3. The van der Waals surface area contributed by atoms with E-state index >= 15 is 8.78 Å². The number of halogens is 2. The molecule has 7 unspecified atom stereocenters. The number of fused-ring (bicyclic) bond motifs is 4. The van der Waals surface area contributed by atoms with Crippen molar-refractivity contribution in [3.8, 4) is 0 Å². The lowest BCUT2D eigenvalue weighted by Gasteiger charge is -2.36. The monoisotopic (exact) mass is 2100 g/mol. The molecule has 0 aromatic heterocycles. The third-order valence-electron chi connectivity index (χ3n) is 31.5. The average molecular weight is 2100 g/mol. The summed E-state index contributed by atoms with van der Waals surface area (Å²) >= 11 is 0. The number of alkyl halides is 2. The Kier molecular flexibility index (Phi) is 50.5. The second-order valence-electron chi connectivity index (χ2n) is 44.4. The number of cyclic esters (lactones) is 3. The van der Waals surface area contributed by atoms with Gasteiger partial charge < -0.3 is 125 Å². The van der Waals surface area contributed by atoms with Crippen molar-refractivity contribution < 1.29 is 125 Å². The Morgan fingerprint density at radius 1 is 0.372 bits per heavy atom. The zero-order valence-electron chi connectivity index (χ0n) is 90.2. The molecule has 21 N–H and O–H groups in total. The van der Waals surface area contributed by atoms with E-state index in [1.165, 1.54) is 56.3 Å². The van der Waals surface area contributed by atoms with E-state index in [2.05, 4.69) is 63.8 Å². The number of esters is 3. The van der Waals surface area contributed by atoms with Gasteiger partial charge in [0.15, 0.2) is 6.10 Å². The summed E-state index contributed by atoms with van der Waals surface area (Å²) in [6.45, 7) is 20.7. The number of carbonyl (C=O) groups excluding carboxylic acids is 18. The molecule has 9 aliphatic rings. The number of amides is 15.